The molecule has 15 heavy (non-hydrogen) atoms. The normalized spacial score (nSPS) is 9.60. The SMILES string of the molecule is C=CCc1ccc(CCNC(=O)O)cc1. The van der Waals surface area contributed by atoms with Crippen molar-refractivity contribution in [1.82, 2.24) is 5.32 Å². The molecule has 0 fully saturated rings. The van der Waals surface area contributed by atoms with Crippen molar-refractivity contribution >= 4 is 6.09 Å². The summed E-state index contributed by atoms with van der Waals surface area (Å²) < 4.78 is 0. The first-order chi connectivity index (χ1) is 7.22. The van der Waals surface area contributed by atoms with Gasteiger partial charge in [0.15, 0.2) is 0 Å². The number of hydrogen-bond donors (Lipinski definition) is 2. The summed E-state index contributed by atoms with van der Waals surface area (Å²) in [5.74, 6) is 0. The second-order valence-electron chi connectivity index (χ2n) is 3.29. The first-order valence-corrected chi connectivity index (χ1v) is 4.88. The lowest BCUT2D eigenvalue weighted by Gasteiger charge is -2.02. The topological polar surface area (TPSA) is 49.3 Å². The summed E-state index contributed by atoms with van der Waals surface area (Å²) >= 11 is 0. The van der Waals surface area contributed by atoms with E-state index in [1.54, 1.807) is 0 Å². The average Bonchev–Trinajstić information content (AvgIpc) is 2.20. The van der Waals surface area contributed by atoms with E-state index >= 15 is 0 Å². The highest BCUT2D eigenvalue weighted by atomic mass is 16.4. The molecule has 0 aliphatic carbocycles. The van der Waals surface area contributed by atoms with Crippen LogP contribution in [-0.4, -0.2) is 17.7 Å². The number of rotatable bonds is 5. The highest BCUT2D eigenvalue weighted by Crippen LogP contribution is 2.05. The Balaban J connectivity index is 2.42. The standard InChI is InChI=1S/C12H15NO2/c1-2-3-10-4-6-11(7-5-10)8-9-13-12(14)15/h2,4-7,13H,1,3,8-9H2,(H,14,15). The van der Waals surface area contributed by atoms with Gasteiger partial charge in [0.25, 0.3) is 0 Å². The quantitative estimate of drug-likeness (QED) is 0.724. The van der Waals surface area contributed by atoms with Crippen LogP contribution in [0.4, 0.5) is 4.79 Å². The monoisotopic (exact) mass is 205 g/mol. The Morgan fingerprint density at radius 1 is 1.33 bits per heavy atom. The zero-order chi connectivity index (χ0) is 11.1. The fraction of sp³-hybridized carbons (Fsp3) is 0.250. The third kappa shape index (κ3) is 4.31. The molecule has 3 nitrogen and oxygen atoms in total. The van der Waals surface area contributed by atoms with Crippen LogP contribution in [0.5, 0.6) is 0 Å². The van der Waals surface area contributed by atoms with Gasteiger partial charge in [-0.25, -0.2) is 4.79 Å². The van der Waals surface area contributed by atoms with Crippen LogP contribution in [0, 0.1) is 0 Å². The summed E-state index contributed by atoms with van der Waals surface area (Å²) in [5.41, 5.74) is 2.36. The van der Waals surface area contributed by atoms with Crippen LogP contribution in [-0.2, 0) is 12.8 Å². The number of nitrogens with one attached hydrogen (secondary N) is 1. The number of amides is 1. The van der Waals surface area contributed by atoms with Crippen molar-refractivity contribution in [3.63, 3.8) is 0 Å². The first kappa shape index (κ1) is 11.3. The largest absolute Gasteiger partial charge is 0.465 e. The van der Waals surface area contributed by atoms with Gasteiger partial charge in [0.2, 0.25) is 0 Å². The molecule has 0 bridgehead atoms. The molecule has 0 aliphatic rings. The average molecular weight is 205 g/mol. The molecule has 0 saturated carbocycles. The van der Waals surface area contributed by atoms with Crippen LogP contribution in [0.2, 0.25) is 0 Å². The summed E-state index contributed by atoms with van der Waals surface area (Å²) in [6, 6.07) is 8.11. The van der Waals surface area contributed by atoms with Crippen LogP contribution in [0.25, 0.3) is 0 Å². The lowest BCUT2D eigenvalue weighted by molar-refractivity contribution is 0.194. The molecular weight excluding hydrogens is 190 g/mol. The molecule has 1 rings (SSSR count). The summed E-state index contributed by atoms with van der Waals surface area (Å²) in [6.45, 7) is 4.13. The Morgan fingerprint density at radius 3 is 2.47 bits per heavy atom. The van der Waals surface area contributed by atoms with Crippen molar-refractivity contribution in [1.29, 1.82) is 0 Å². The van der Waals surface area contributed by atoms with Crippen molar-refractivity contribution in [2.24, 2.45) is 0 Å². The van der Waals surface area contributed by atoms with Gasteiger partial charge in [-0.2, -0.15) is 0 Å². The van der Waals surface area contributed by atoms with Gasteiger partial charge in [0.05, 0.1) is 0 Å². The van der Waals surface area contributed by atoms with E-state index in [1.165, 1.54) is 5.56 Å². The molecule has 0 aliphatic heterocycles. The molecule has 0 spiro atoms. The minimum absolute atomic E-state index is 0.455. The number of carboxylic acid groups (broad SMARTS) is 1. The van der Waals surface area contributed by atoms with Crippen LogP contribution >= 0.6 is 0 Å². The van der Waals surface area contributed by atoms with Crippen molar-refractivity contribution in [3.05, 3.63) is 48.0 Å². The summed E-state index contributed by atoms with van der Waals surface area (Å²) in [4.78, 5) is 10.2. The van der Waals surface area contributed by atoms with Gasteiger partial charge in [-0.15, -0.1) is 6.58 Å². The minimum atomic E-state index is -0.974. The molecular formula is C12H15NO2. The number of allylic oxidation sites excluding steroid dienone is 1. The van der Waals surface area contributed by atoms with Gasteiger partial charge in [-0.05, 0) is 24.0 Å². The van der Waals surface area contributed by atoms with Crippen molar-refractivity contribution in [2.75, 3.05) is 6.54 Å². The maximum absolute atomic E-state index is 10.2. The predicted molar refractivity (Wildman–Crippen MR) is 60.1 cm³/mol. The molecule has 0 atom stereocenters. The van der Waals surface area contributed by atoms with Gasteiger partial charge >= 0.3 is 6.09 Å². The third-order valence-corrected chi connectivity index (χ3v) is 2.09. The van der Waals surface area contributed by atoms with E-state index in [9.17, 15) is 4.79 Å². The summed E-state index contributed by atoms with van der Waals surface area (Å²) in [7, 11) is 0. The maximum atomic E-state index is 10.2. The van der Waals surface area contributed by atoms with Crippen molar-refractivity contribution in [3.8, 4) is 0 Å². The minimum Gasteiger partial charge on any atom is -0.465 e. The van der Waals surface area contributed by atoms with Crippen molar-refractivity contribution in [2.45, 2.75) is 12.8 Å². The van der Waals surface area contributed by atoms with Crippen LogP contribution in [0.1, 0.15) is 11.1 Å². The Hall–Kier alpha value is -1.77. The van der Waals surface area contributed by atoms with E-state index in [-0.39, 0.29) is 0 Å². The zero-order valence-electron chi connectivity index (χ0n) is 8.57. The highest BCUT2D eigenvalue weighted by Gasteiger charge is 1.96. The Morgan fingerprint density at radius 2 is 1.93 bits per heavy atom. The van der Waals surface area contributed by atoms with E-state index in [0.29, 0.717) is 6.54 Å². The number of hydrogen-bond acceptors (Lipinski definition) is 1. The molecule has 1 aromatic carbocycles. The van der Waals surface area contributed by atoms with E-state index in [2.05, 4.69) is 11.9 Å². The van der Waals surface area contributed by atoms with Crippen LogP contribution in [0.15, 0.2) is 36.9 Å². The number of carbonyl (C=O) groups is 1. The second kappa shape index (κ2) is 5.86. The van der Waals surface area contributed by atoms with E-state index < -0.39 is 6.09 Å². The van der Waals surface area contributed by atoms with E-state index in [1.807, 2.05) is 30.3 Å². The zero-order valence-corrected chi connectivity index (χ0v) is 8.57. The van der Waals surface area contributed by atoms with Crippen molar-refractivity contribution < 1.29 is 9.90 Å². The Kier molecular flexibility index (Phi) is 4.41. The first-order valence-electron chi connectivity index (χ1n) is 4.88. The Labute approximate surface area is 89.4 Å². The molecule has 1 aromatic rings. The third-order valence-electron chi connectivity index (χ3n) is 2.09. The lowest BCUT2D eigenvalue weighted by Crippen LogP contribution is -2.23. The Bertz CT molecular complexity index is 330. The van der Waals surface area contributed by atoms with Crippen LogP contribution < -0.4 is 5.32 Å². The van der Waals surface area contributed by atoms with Gasteiger partial charge in [-0.1, -0.05) is 30.3 Å². The molecule has 0 saturated heterocycles. The fourth-order valence-corrected chi connectivity index (χ4v) is 1.32. The van der Waals surface area contributed by atoms with E-state index in [4.69, 9.17) is 5.11 Å². The second-order valence-corrected chi connectivity index (χ2v) is 3.29. The summed E-state index contributed by atoms with van der Waals surface area (Å²) in [6.07, 6.45) is 2.48. The molecule has 1 amide bonds. The van der Waals surface area contributed by atoms with Gasteiger partial charge in [0.1, 0.15) is 0 Å². The molecule has 0 unspecified atom stereocenters. The van der Waals surface area contributed by atoms with Crippen LogP contribution in [0.3, 0.4) is 0 Å². The van der Waals surface area contributed by atoms with E-state index in [0.717, 1.165) is 18.4 Å². The van der Waals surface area contributed by atoms with Gasteiger partial charge in [-0.3, -0.25) is 0 Å². The smallest absolute Gasteiger partial charge is 0.404 e. The molecule has 3 heteroatoms. The number of benzene rings is 1. The lowest BCUT2D eigenvalue weighted by atomic mass is 10.1. The molecule has 80 valence electrons. The summed E-state index contributed by atoms with van der Waals surface area (Å²) in [5, 5.41) is 10.7. The predicted octanol–water partition coefficient (Wildman–Crippen LogP) is 2.23. The van der Waals surface area contributed by atoms with Gasteiger partial charge in [0, 0.05) is 6.54 Å². The van der Waals surface area contributed by atoms with Gasteiger partial charge < -0.3 is 10.4 Å². The highest BCUT2D eigenvalue weighted by molar-refractivity contribution is 5.64. The maximum Gasteiger partial charge on any atom is 0.404 e. The molecule has 0 aromatic heterocycles. The molecule has 0 radical (unpaired) electrons. The molecule has 0 heterocycles. The molecule has 2 N–H and O–H groups in total. The fourth-order valence-electron chi connectivity index (χ4n) is 1.32.